The van der Waals surface area contributed by atoms with E-state index in [1.54, 1.807) is 12.4 Å². The number of pyridine rings is 1. The highest BCUT2D eigenvalue weighted by Gasteiger charge is 2.18. The molecule has 0 aromatic carbocycles. The molecule has 8 nitrogen and oxygen atoms in total. The molecule has 1 aliphatic carbocycles. The Morgan fingerprint density at radius 1 is 1.25 bits per heavy atom. The van der Waals surface area contributed by atoms with E-state index in [4.69, 9.17) is 0 Å². The average molecular weight is 346 g/mol. The number of aromatic amines is 1. The first-order chi connectivity index (χ1) is 11.7. The summed E-state index contributed by atoms with van der Waals surface area (Å²) in [7, 11) is 0. The van der Waals surface area contributed by atoms with Crippen LogP contribution in [0.5, 0.6) is 0 Å². The van der Waals surface area contributed by atoms with Gasteiger partial charge < -0.3 is 5.32 Å². The van der Waals surface area contributed by atoms with Crippen LogP contribution in [-0.4, -0.2) is 43.9 Å². The van der Waals surface area contributed by atoms with Gasteiger partial charge in [0.25, 0.3) is 0 Å². The smallest absolute Gasteiger partial charge is 0.321 e. The molecule has 24 heavy (non-hydrogen) atoms. The molecule has 3 rings (SSSR count). The predicted octanol–water partition coefficient (Wildman–Crippen LogP) is 1.73. The lowest BCUT2D eigenvalue weighted by Gasteiger charge is -2.11. The number of nitrogens with zero attached hydrogens (tertiary/aromatic N) is 3. The second kappa shape index (κ2) is 7.91. The van der Waals surface area contributed by atoms with E-state index in [1.807, 2.05) is 12.1 Å². The number of amides is 3. The number of carbonyl (C=O) groups excluding carboxylic acids is 2. The van der Waals surface area contributed by atoms with Gasteiger partial charge in [0.15, 0.2) is 5.82 Å². The van der Waals surface area contributed by atoms with E-state index < -0.39 is 6.03 Å². The number of thioether (sulfide) groups is 1. The van der Waals surface area contributed by atoms with Gasteiger partial charge in [-0.2, -0.15) is 0 Å². The normalized spacial score (nSPS) is 14.5. The van der Waals surface area contributed by atoms with Gasteiger partial charge in [0.05, 0.1) is 5.75 Å². The maximum atomic E-state index is 11.8. The van der Waals surface area contributed by atoms with Gasteiger partial charge in [0, 0.05) is 24.0 Å². The molecule has 0 bridgehead atoms. The lowest BCUT2D eigenvalue weighted by molar-refractivity contribution is -0.117. The van der Waals surface area contributed by atoms with Crippen molar-refractivity contribution in [1.29, 1.82) is 0 Å². The topological polar surface area (TPSA) is 113 Å². The molecule has 2 heterocycles. The summed E-state index contributed by atoms with van der Waals surface area (Å²) in [6.07, 6.45) is 7.54. The maximum Gasteiger partial charge on any atom is 0.321 e. The minimum absolute atomic E-state index is 0.0751. The molecule has 126 valence electrons. The van der Waals surface area contributed by atoms with Crippen molar-refractivity contribution in [1.82, 2.24) is 30.8 Å². The summed E-state index contributed by atoms with van der Waals surface area (Å²) in [5, 5.41) is 12.5. The Morgan fingerprint density at radius 3 is 2.75 bits per heavy atom. The Balaban J connectivity index is 1.44. The molecule has 1 aliphatic rings. The minimum atomic E-state index is -0.431. The molecule has 0 atom stereocenters. The zero-order valence-electron chi connectivity index (χ0n) is 13.0. The largest absolute Gasteiger partial charge is 0.335 e. The number of nitrogens with one attached hydrogen (secondary N) is 3. The first-order valence-corrected chi connectivity index (χ1v) is 8.75. The fourth-order valence-electron chi connectivity index (χ4n) is 2.53. The quantitative estimate of drug-likeness (QED) is 0.711. The summed E-state index contributed by atoms with van der Waals surface area (Å²) < 4.78 is 0. The predicted molar refractivity (Wildman–Crippen MR) is 89.3 cm³/mol. The van der Waals surface area contributed by atoms with E-state index in [2.05, 4.69) is 30.8 Å². The van der Waals surface area contributed by atoms with Crippen LogP contribution in [0.3, 0.4) is 0 Å². The first-order valence-electron chi connectivity index (χ1n) is 7.76. The molecule has 0 spiro atoms. The molecule has 2 aromatic rings. The van der Waals surface area contributed by atoms with Crippen molar-refractivity contribution in [3.8, 4) is 11.4 Å². The Morgan fingerprint density at radius 2 is 2.00 bits per heavy atom. The SMILES string of the molecule is O=C(CSc1n[nH]c(-c2ccncc2)n1)NC(=O)NC1CCCC1. The zero-order chi connectivity index (χ0) is 16.8. The van der Waals surface area contributed by atoms with E-state index in [1.165, 1.54) is 11.8 Å². The molecule has 0 unspecified atom stereocenters. The third kappa shape index (κ3) is 4.54. The van der Waals surface area contributed by atoms with Gasteiger partial charge in [0.1, 0.15) is 0 Å². The summed E-state index contributed by atoms with van der Waals surface area (Å²) >= 11 is 1.17. The van der Waals surface area contributed by atoms with Crippen LogP contribution < -0.4 is 10.6 Å². The Labute approximate surface area is 143 Å². The number of hydrogen-bond donors (Lipinski definition) is 3. The van der Waals surface area contributed by atoms with Gasteiger partial charge in [-0.25, -0.2) is 9.78 Å². The molecule has 0 aliphatic heterocycles. The molecule has 2 aromatic heterocycles. The van der Waals surface area contributed by atoms with Crippen molar-refractivity contribution < 1.29 is 9.59 Å². The van der Waals surface area contributed by atoms with Crippen LogP contribution in [0.15, 0.2) is 29.7 Å². The van der Waals surface area contributed by atoms with Gasteiger partial charge in [-0.05, 0) is 25.0 Å². The summed E-state index contributed by atoms with van der Waals surface area (Å²) in [6, 6.07) is 3.38. The number of imide groups is 1. The fraction of sp³-hybridized carbons (Fsp3) is 0.400. The number of H-pyrrole nitrogens is 1. The number of rotatable bonds is 5. The Hall–Kier alpha value is -2.42. The molecule has 1 saturated carbocycles. The van der Waals surface area contributed by atoms with Gasteiger partial charge in [0.2, 0.25) is 11.1 Å². The van der Waals surface area contributed by atoms with Crippen molar-refractivity contribution in [2.75, 3.05) is 5.75 Å². The molecule has 0 radical (unpaired) electrons. The number of carbonyl (C=O) groups is 2. The molecule has 3 amide bonds. The van der Waals surface area contributed by atoms with Crippen molar-refractivity contribution in [3.63, 3.8) is 0 Å². The van der Waals surface area contributed by atoms with Crippen molar-refractivity contribution in [2.45, 2.75) is 36.9 Å². The van der Waals surface area contributed by atoms with E-state index in [0.29, 0.717) is 11.0 Å². The highest BCUT2D eigenvalue weighted by Crippen LogP contribution is 2.18. The molecular formula is C15H18N6O2S. The number of urea groups is 1. The lowest BCUT2D eigenvalue weighted by atomic mass is 10.2. The van der Waals surface area contributed by atoms with Gasteiger partial charge in [-0.3, -0.25) is 20.2 Å². The second-order valence-electron chi connectivity index (χ2n) is 5.49. The maximum absolute atomic E-state index is 11.8. The Kier molecular flexibility index (Phi) is 5.42. The van der Waals surface area contributed by atoms with E-state index in [-0.39, 0.29) is 17.7 Å². The number of aromatic nitrogens is 4. The highest BCUT2D eigenvalue weighted by atomic mass is 32.2. The van der Waals surface area contributed by atoms with Crippen molar-refractivity contribution >= 4 is 23.7 Å². The molecular weight excluding hydrogens is 328 g/mol. The third-order valence-electron chi connectivity index (χ3n) is 3.69. The van der Waals surface area contributed by atoms with Crippen LogP contribution in [0.2, 0.25) is 0 Å². The highest BCUT2D eigenvalue weighted by molar-refractivity contribution is 7.99. The van der Waals surface area contributed by atoms with Crippen molar-refractivity contribution in [3.05, 3.63) is 24.5 Å². The second-order valence-corrected chi connectivity index (χ2v) is 6.44. The molecule has 3 N–H and O–H groups in total. The molecule has 9 heteroatoms. The van der Waals surface area contributed by atoms with E-state index in [0.717, 1.165) is 31.2 Å². The summed E-state index contributed by atoms with van der Waals surface area (Å²) in [6.45, 7) is 0. The van der Waals surface area contributed by atoms with Gasteiger partial charge in [-0.1, -0.05) is 24.6 Å². The summed E-state index contributed by atoms with van der Waals surface area (Å²) in [5.74, 6) is 0.316. The van der Waals surface area contributed by atoms with Crippen LogP contribution >= 0.6 is 11.8 Å². The molecule has 1 fully saturated rings. The third-order valence-corrected chi connectivity index (χ3v) is 4.54. The summed E-state index contributed by atoms with van der Waals surface area (Å²) in [4.78, 5) is 31.8. The standard InChI is InChI=1S/C15H18N6O2S/c22-12(18-14(23)17-11-3-1-2-4-11)9-24-15-19-13(20-21-15)10-5-7-16-8-6-10/h5-8,11H,1-4,9H2,(H,19,20,21)(H2,17,18,22,23). The van der Waals surface area contributed by atoms with Crippen LogP contribution in [0.4, 0.5) is 4.79 Å². The minimum Gasteiger partial charge on any atom is -0.335 e. The summed E-state index contributed by atoms with van der Waals surface area (Å²) in [5.41, 5.74) is 0.866. The van der Waals surface area contributed by atoms with Crippen molar-refractivity contribution in [2.24, 2.45) is 0 Å². The zero-order valence-corrected chi connectivity index (χ0v) is 13.8. The average Bonchev–Trinajstić information content (AvgIpc) is 3.25. The first kappa shape index (κ1) is 16.4. The van der Waals surface area contributed by atoms with E-state index >= 15 is 0 Å². The van der Waals surface area contributed by atoms with E-state index in [9.17, 15) is 9.59 Å². The van der Waals surface area contributed by atoms with Gasteiger partial charge >= 0.3 is 6.03 Å². The van der Waals surface area contributed by atoms with Gasteiger partial charge in [-0.15, -0.1) is 5.10 Å². The van der Waals surface area contributed by atoms with Crippen LogP contribution in [0.1, 0.15) is 25.7 Å². The fourth-order valence-corrected chi connectivity index (χ4v) is 3.13. The van der Waals surface area contributed by atoms with Crippen LogP contribution in [0, 0.1) is 0 Å². The van der Waals surface area contributed by atoms with Crippen LogP contribution in [-0.2, 0) is 4.79 Å². The molecule has 0 saturated heterocycles. The monoisotopic (exact) mass is 346 g/mol. The number of hydrogen-bond acceptors (Lipinski definition) is 6. The van der Waals surface area contributed by atoms with Crippen LogP contribution in [0.25, 0.3) is 11.4 Å². The Bertz CT molecular complexity index is 699. The lowest BCUT2D eigenvalue weighted by Crippen LogP contribution is -2.44.